The minimum absolute atomic E-state index is 0.0355. The maximum Gasteiger partial charge on any atom is 0.254 e. The van der Waals surface area contributed by atoms with Gasteiger partial charge in [-0.15, -0.1) is 0 Å². The highest BCUT2D eigenvalue weighted by Crippen LogP contribution is 2.29. The molecule has 4 rings (SSSR count). The molecule has 3 fully saturated rings. The van der Waals surface area contributed by atoms with E-state index in [0.717, 1.165) is 32.7 Å². The first-order valence-corrected chi connectivity index (χ1v) is 14.2. The van der Waals surface area contributed by atoms with Crippen LogP contribution in [0.5, 0.6) is 5.75 Å². The lowest BCUT2D eigenvalue weighted by molar-refractivity contribution is -0.137. The van der Waals surface area contributed by atoms with Crippen molar-refractivity contribution in [2.45, 2.75) is 45.7 Å². The Labute approximate surface area is 232 Å². The van der Waals surface area contributed by atoms with Gasteiger partial charge in [0.05, 0.1) is 26.4 Å². The van der Waals surface area contributed by atoms with Crippen molar-refractivity contribution in [1.82, 2.24) is 24.9 Å². The molecule has 10 heteroatoms. The molecule has 216 valence electrons. The maximum absolute atomic E-state index is 13.8. The molecule has 1 N–H and O–H groups in total. The molecule has 3 aliphatic heterocycles. The second-order valence-electron chi connectivity index (χ2n) is 11.9. The van der Waals surface area contributed by atoms with E-state index in [9.17, 15) is 14.4 Å². The summed E-state index contributed by atoms with van der Waals surface area (Å²) < 4.78 is 10.8. The lowest BCUT2D eigenvalue weighted by atomic mass is 9.91. The Balaban J connectivity index is 1.59. The van der Waals surface area contributed by atoms with E-state index in [2.05, 4.69) is 31.0 Å². The zero-order valence-electron chi connectivity index (χ0n) is 24.0. The number of amides is 3. The number of nitrogens with zero attached hydrogens (tertiary/aromatic N) is 4. The van der Waals surface area contributed by atoms with Crippen LogP contribution in [0.15, 0.2) is 24.3 Å². The number of carbonyl (C=O) groups is 3. The summed E-state index contributed by atoms with van der Waals surface area (Å²) in [7, 11) is 1.57. The van der Waals surface area contributed by atoms with Crippen molar-refractivity contribution in [2.24, 2.45) is 5.41 Å². The van der Waals surface area contributed by atoms with Crippen molar-refractivity contribution in [1.29, 1.82) is 0 Å². The molecular weight excluding hydrogens is 498 g/mol. The number of morpholine rings is 1. The highest BCUT2D eigenvalue weighted by Gasteiger charge is 2.45. The van der Waals surface area contributed by atoms with E-state index in [1.54, 1.807) is 36.3 Å². The fourth-order valence-corrected chi connectivity index (χ4v) is 5.66. The second kappa shape index (κ2) is 13.1. The summed E-state index contributed by atoms with van der Waals surface area (Å²) in [5, 5.41) is 3.29. The van der Waals surface area contributed by atoms with E-state index in [0.29, 0.717) is 63.5 Å². The average molecular weight is 544 g/mol. The fraction of sp³-hybridized carbons (Fsp3) is 0.690. The summed E-state index contributed by atoms with van der Waals surface area (Å²) >= 11 is 0. The van der Waals surface area contributed by atoms with Gasteiger partial charge in [0, 0.05) is 70.9 Å². The molecule has 2 unspecified atom stereocenters. The Kier molecular flexibility index (Phi) is 9.85. The Bertz CT molecular complexity index is 1000. The molecule has 0 radical (unpaired) electrons. The summed E-state index contributed by atoms with van der Waals surface area (Å²) in [5.41, 5.74) is 0.313. The third-order valence-corrected chi connectivity index (χ3v) is 7.77. The number of rotatable bonds is 8. The number of hydrogen-bond acceptors (Lipinski definition) is 7. The minimum atomic E-state index is -0.611. The minimum Gasteiger partial charge on any atom is -0.497 e. The largest absolute Gasteiger partial charge is 0.497 e. The molecule has 3 aliphatic rings. The molecule has 0 aromatic heterocycles. The van der Waals surface area contributed by atoms with Crippen LogP contribution < -0.4 is 10.1 Å². The molecule has 10 nitrogen and oxygen atoms in total. The van der Waals surface area contributed by atoms with Crippen LogP contribution in [0, 0.1) is 5.41 Å². The van der Waals surface area contributed by atoms with Crippen LogP contribution in [-0.2, 0) is 14.3 Å². The summed E-state index contributed by atoms with van der Waals surface area (Å²) in [6, 6.07) is 6.21. The molecule has 1 aromatic carbocycles. The zero-order valence-corrected chi connectivity index (χ0v) is 24.0. The summed E-state index contributed by atoms with van der Waals surface area (Å²) in [4.78, 5) is 49.1. The number of methoxy groups -OCH3 is 1. The van der Waals surface area contributed by atoms with Crippen LogP contribution in [0.1, 0.15) is 44.0 Å². The molecule has 3 heterocycles. The molecule has 3 saturated heterocycles. The SMILES string of the molecule is COc1cccc(C(=O)N2CC(N(CCN3CCOCC3)C(=O)CC(C)(C)C)CC2C(=O)N2CCNCC2)c1. The van der Waals surface area contributed by atoms with Gasteiger partial charge in [-0.1, -0.05) is 26.8 Å². The first-order chi connectivity index (χ1) is 18.7. The van der Waals surface area contributed by atoms with Gasteiger partial charge in [0.1, 0.15) is 11.8 Å². The molecule has 2 atom stereocenters. The van der Waals surface area contributed by atoms with Crippen molar-refractivity contribution in [2.75, 3.05) is 79.2 Å². The highest BCUT2D eigenvalue weighted by atomic mass is 16.5. The predicted octanol–water partition coefficient (Wildman–Crippen LogP) is 1.31. The maximum atomic E-state index is 13.8. The second-order valence-corrected chi connectivity index (χ2v) is 11.9. The van der Waals surface area contributed by atoms with Gasteiger partial charge in [-0.05, 0) is 30.0 Å². The predicted molar refractivity (Wildman–Crippen MR) is 149 cm³/mol. The topological polar surface area (TPSA) is 94.7 Å². The van der Waals surface area contributed by atoms with Gasteiger partial charge in [0.2, 0.25) is 11.8 Å². The van der Waals surface area contributed by atoms with Crippen LogP contribution >= 0.6 is 0 Å². The Morgan fingerprint density at radius 2 is 1.82 bits per heavy atom. The van der Waals surface area contributed by atoms with Crippen molar-refractivity contribution in [3.8, 4) is 5.75 Å². The number of piperazine rings is 1. The van der Waals surface area contributed by atoms with Crippen molar-refractivity contribution < 1.29 is 23.9 Å². The number of benzene rings is 1. The molecule has 1 aromatic rings. The van der Waals surface area contributed by atoms with Crippen LogP contribution in [0.3, 0.4) is 0 Å². The summed E-state index contributed by atoms with van der Waals surface area (Å²) in [6.07, 6.45) is 0.852. The van der Waals surface area contributed by atoms with Crippen LogP contribution in [0.4, 0.5) is 0 Å². The van der Waals surface area contributed by atoms with Gasteiger partial charge >= 0.3 is 0 Å². The molecule has 0 spiro atoms. The first-order valence-electron chi connectivity index (χ1n) is 14.2. The molecule has 0 saturated carbocycles. The zero-order chi connectivity index (χ0) is 28.0. The Hall–Kier alpha value is -2.69. The van der Waals surface area contributed by atoms with Crippen LogP contribution in [0.25, 0.3) is 0 Å². The van der Waals surface area contributed by atoms with Crippen LogP contribution in [-0.4, -0.2) is 129 Å². The standard InChI is InChI=1S/C29H45N5O5/c1-29(2,3)20-26(35)33(13-12-31-14-16-39-17-15-31)23-19-25(28(37)32-10-8-30-9-11-32)34(21-23)27(36)22-6-5-7-24(18-22)38-4/h5-7,18,23,25,30H,8-17,19-21H2,1-4H3. The van der Waals surface area contributed by atoms with E-state index in [-0.39, 0.29) is 29.2 Å². The lowest BCUT2D eigenvalue weighted by Crippen LogP contribution is -2.53. The van der Waals surface area contributed by atoms with Gasteiger partial charge in [0.15, 0.2) is 0 Å². The van der Waals surface area contributed by atoms with Crippen molar-refractivity contribution in [3.05, 3.63) is 29.8 Å². The quantitative estimate of drug-likeness (QED) is 0.528. The van der Waals surface area contributed by atoms with Crippen molar-refractivity contribution >= 4 is 17.7 Å². The van der Waals surface area contributed by atoms with Gasteiger partial charge in [-0.3, -0.25) is 19.3 Å². The Morgan fingerprint density at radius 1 is 1.10 bits per heavy atom. The summed E-state index contributed by atoms with van der Waals surface area (Å²) in [6.45, 7) is 13.6. The number of nitrogens with one attached hydrogen (secondary N) is 1. The number of ether oxygens (including phenoxy) is 2. The first kappa shape index (κ1) is 29.3. The fourth-order valence-electron chi connectivity index (χ4n) is 5.66. The van der Waals surface area contributed by atoms with E-state index in [1.165, 1.54) is 0 Å². The van der Waals surface area contributed by atoms with Crippen LogP contribution in [0.2, 0.25) is 0 Å². The highest BCUT2D eigenvalue weighted by molar-refractivity contribution is 5.98. The lowest BCUT2D eigenvalue weighted by Gasteiger charge is -2.34. The average Bonchev–Trinajstić information content (AvgIpc) is 3.37. The summed E-state index contributed by atoms with van der Waals surface area (Å²) in [5.74, 6) is 0.423. The van der Waals surface area contributed by atoms with E-state index in [1.807, 2.05) is 9.80 Å². The molecular formula is C29H45N5O5. The van der Waals surface area contributed by atoms with E-state index in [4.69, 9.17) is 9.47 Å². The van der Waals surface area contributed by atoms with E-state index < -0.39 is 6.04 Å². The third kappa shape index (κ3) is 7.70. The van der Waals surface area contributed by atoms with E-state index >= 15 is 0 Å². The number of carbonyl (C=O) groups excluding carboxylic acids is 3. The van der Waals surface area contributed by atoms with Gasteiger partial charge in [0.25, 0.3) is 5.91 Å². The molecule has 3 amide bonds. The van der Waals surface area contributed by atoms with Gasteiger partial charge in [-0.2, -0.15) is 0 Å². The van der Waals surface area contributed by atoms with Crippen molar-refractivity contribution in [3.63, 3.8) is 0 Å². The number of likely N-dealkylation sites (tertiary alicyclic amines) is 1. The smallest absolute Gasteiger partial charge is 0.254 e. The third-order valence-electron chi connectivity index (χ3n) is 7.77. The molecule has 0 bridgehead atoms. The normalized spacial score (nSPS) is 22.6. The molecule has 39 heavy (non-hydrogen) atoms. The molecule has 0 aliphatic carbocycles. The number of hydrogen-bond donors (Lipinski definition) is 1. The monoisotopic (exact) mass is 543 g/mol. The Morgan fingerprint density at radius 3 is 2.49 bits per heavy atom. The van der Waals surface area contributed by atoms with Gasteiger partial charge < -0.3 is 29.5 Å². The van der Waals surface area contributed by atoms with Gasteiger partial charge in [-0.25, -0.2) is 0 Å².